The van der Waals surface area contributed by atoms with Gasteiger partial charge in [-0.3, -0.25) is 4.79 Å². The van der Waals surface area contributed by atoms with E-state index >= 15 is 0 Å². The van der Waals surface area contributed by atoms with Crippen LogP contribution in [-0.4, -0.2) is 30.3 Å². The van der Waals surface area contributed by atoms with Crippen LogP contribution < -0.4 is 15.4 Å². The zero-order valence-corrected chi connectivity index (χ0v) is 18.2. The first-order chi connectivity index (χ1) is 14.2. The summed E-state index contributed by atoms with van der Waals surface area (Å²) in [4.78, 5) is 25.5. The predicted molar refractivity (Wildman–Crippen MR) is 116 cm³/mol. The average molecular weight is 431 g/mol. The van der Waals surface area contributed by atoms with Crippen molar-refractivity contribution in [2.75, 3.05) is 6.61 Å². The Bertz CT molecular complexity index is 896. The smallest absolute Gasteiger partial charge is 0.408 e. The summed E-state index contributed by atoms with van der Waals surface area (Å²) in [6.45, 7) is 5.83. The van der Waals surface area contributed by atoms with Crippen LogP contribution in [0.1, 0.15) is 44.4 Å². The molecule has 0 fully saturated rings. The largest absolute Gasteiger partial charge is 0.493 e. The molecule has 2 unspecified atom stereocenters. The predicted octanol–water partition coefficient (Wildman–Crippen LogP) is 4.42. The lowest BCUT2D eigenvalue weighted by molar-refractivity contribution is -0.124. The fraction of sp³-hybridized carbons (Fsp3) is 0.391. The van der Waals surface area contributed by atoms with Gasteiger partial charge in [0, 0.05) is 23.4 Å². The standard InChI is InChI=1S/C23H27ClN2O4/c1-23(2,3)30-22(28)26-19(13-15-7-5-4-6-8-15)21(27)25-18-11-12-29-20-10-9-16(24)14-17(18)20/h4-10,14,18-19H,11-13H2,1-3H3,(H,25,27)(H,26,28). The second kappa shape index (κ2) is 9.39. The van der Waals surface area contributed by atoms with E-state index in [1.165, 1.54) is 0 Å². The lowest BCUT2D eigenvalue weighted by Crippen LogP contribution is -2.50. The number of ether oxygens (including phenoxy) is 2. The molecule has 3 rings (SSSR count). The average Bonchev–Trinajstić information content (AvgIpc) is 2.67. The third-order valence-corrected chi connectivity index (χ3v) is 4.85. The van der Waals surface area contributed by atoms with Crippen LogP contribution in [0.2, 0.25) is 5.02 Å². The topological polar surface area (TPSA) is 76.7 Å². The summed E-state index contributed by atoms with van der Waals surface area (Å²) in [5, 5.41) is 6.33. The van der Waals surface area contributed by atoms with Gasteiger partial charge in [-0.25, -0.2) is 4.79 Å². The Morgan fingerprint density at radius 3 is 2.63 bits per heavy atom. The normalized spacial score (nSPS) is 16.6. The van der Waals surface area contributed by atoms with Crippen LogP contribution in [0, 0.1) is 0 Å². The van der Waals surface area contributed by atoms with Gasteiger partial charge in [-0.15, -0.1) is 0 Å². The summed E-state index contributed by atoms with van der Waals surface area (Å²) in [7, 11) is 0. The number of hydrogen-bond acceptors (Lipinski definition) is 4. The lowest BCUT2D eigenvalue weighted by Gasteiger charge is -2.29. The number of hydrogen-bond donors (Lipinski definition) is 2. The molecule has 6 nitrogen and oxygen atoms in total. The molecule has 0 aliphatic carbocycles. The number of benzene rings is 2. The lowest BCUT2D eigenvalue weighted by atomic mass is 9.99. The minimum atomic E-state index is -0.785. The van der Waals surface area contributed by atoms with E-state index < -0.39 is 17.7 Å². The molecule has 30 heavy (non-hydrogen) atoms. The van der Waals surface area contributed by atoms with Gasteiger partial charge in [0.2, 0.25) is 5.91 Å². The molecule has 2 aromatic carbocycles. The molecule has 2 atom stereocenters. The number of alkyl carbamates (subject to hydrolysis) is 1. The monoisotopic (exact) mass is 430 g/mol. The SMILES string of the molecule is CC(C)(C)OC(=O)NC(Cc1ccccc1)C(=O)NC1CCOc2ccc(Cl)cc21. The van der Waals surface area contributed by atoms with Gasteiger partial charge in [-0.05, 0) is 44.5 Å². The number of fused-ring (bicyclic) bond motifs is 1. The van der Waals surface area contributed by atoms with Gasteiger partial charge in [0.05, 0.1) is 12.6 Å². The van der Waals surface area contributed by atoms with Gasteiger partial charge in [-0.1, -0.05) is 41.9 Å². The van der Waals surface area contributed by atoms with Crippen molar-refractivity contribution in [3.05, 3.63) is 64.7 Å². The van der Waals surface area contributed by atoms with Crippen LogP contribution in [0.3, 0.4) is 0 Å². The van der Waals surface area contributed by atoms with E-state index in [0.717, 1.165) is 11.1 Å². The first kappa shape index (κ1) is 22.0. The first-order valence-electron chi connectivity index (χ1n) is 9.97. The Morgan fingerprint density at radius 2 is 1.93 bits per heavy atom. The summed E-state index contributed by atoms with van der Waals surface area (Å²) < 4.78 is 11.0. The molecule has 2 N–H and O–H groups in total. The molecular formula is C23H27ClN2O4. The number of carbonyl (C=O) groups is 2. The fourth-order valence-electron chi connectivity index (χ4n) is 3.30. The maximum atomic E-state index is 13.2. The number of nitrogens with one attached hydrogen (secondary N) is 2. The molecule has 0 saturated carbocycles. The minimum absolute atomic E-state index is 0.251. The van der Waals surface area contributed by atoms with Gasteiger partial charge >= 0.3 is 6.09 Å². The highest BCUT2D eigenvalue weighted by Gasteiger charge is 2.29. The number of rotatable bonds is 5. The minimum Gasteiger partial charge on any atom is -0.493 e. The van der Waals surface area contributed by atoms with Gasteiger partial charge in [-0.2, -0.15) is 0 Å². The van der Waals surface area contributed by atoms with Gasteiger partial charge in [0.25, 0.3) is 0 Å². The van der Waals surface area contributed by atoms with Gasteiger partial charge in [0.15, 0.2) is 0 Å². The van der Waals surface area contributed by atoms with E-state index in [0.29, 0.717) is 30.2 Å². The van der Waals surface area contributed by atoms with Gasteiger partial charge < -0.3 is 20.1 Å². The molecule has 2 amide bonds. The molecule has 1 heterocycles. The van der Waals surface area contributed by atoms with E-state index in [-0.39, 0.29) is 11.9 Å². The Kier molecular flexibility index (Phi) is 6.87. The van der Waals surface area contributed by atoms with Crippen molar-refractivity contribution >= 4 is 23.6 Å². The highest BCUT2D eigenvalue weighted by molar-refractivity contribution is 6.30. The van der Waals surface area contributed by atoms with E-state index in [4.69, 9.17) is 21.1 Å². The van der Waals surface area contributed by atoms with Crippen LogP contribution in [0.4, 0.5) is 4.79 Å². The molecule has 0 aromatic heterocycles. The number of halogens is 1. The molecule has 0 saturated heterocycles. The number of amides is 2. The first-order valence-corrected chi connectivity index (χ1v) is 10.3. The molecule has 0 bridgehead atoms. The Hall–Kier alpha value is -2.73. The van der Waals surface area contributed by atoms with Crippen LogP contribution in [0.25, 0.3) is 0 Å². The molecule has 0 radical (unpaired) electrons. The van der Waals surface area contributed by atoms with Crippen molar-refractivity contribution in [1.29, 1.82) is 0 Å². The van der Waals surface area contributed by atoms with Crippen LogP contribution in [0.15, 0.2) is 48.5 Å². The van der Waals surface area contributed by atoms with Crippen LogP contribution in [0.5, 0.6) is 5.75 Å². The van der Waals surface area contributed by atoms with Crippen LogP contribution in [-0.2, 0) is 16.0 Å². The Balaban J connectivity index is 1.76. The van der Waals surface area contributed by atoms with E-state index in [1.807, 2.05) is 30.3 Å². The maximum Gasteiger partial charge on any atom is 0.408 e. The van der Waals surface area contributed by atoms with Crippen molar-refractivity contribution in [1.82, 2.24) is 10.6 Å². The quantitative estimate of drug-likeness (QED) is 0.736. The number of carbonyl (C=O) groups excluding carboxylic acids is 2. The summed E-state index contributed by atoms with van der Waals surface area (Å²) in [5.41, 5.74) is 1.11. The molecule has 7 heteroatoms. The zero-order valence-electron chi connectivity index (χ0n) is 17.4. The zero-order chi connectivity index (χ0) is 21.7. The second-order valence-corrected chi connectivity index (χ2v) is 8.71. The third kappa shape index (κ3) is 6.13. The molecular weight excluding hydrogens is 404 g/mol. The second-order valence-electron chi connectivity index (χ2n) is 8.27. The van der Waals surface area contributed by atoms with Crippen molar-refractivity contribution < 1.29 is 19.1 Å². The van der Waals surface area contributed by atoms with Crippen molar-refractivity contribution in [2.45, 2.75) is 51.3 Å². The third-order valence-electron chi connectivity index (χ3n) is 4.62. The highest BCUT2D eigenvalue weighted by atomic mass is 35.5. The van der Waals surface area contributed by atoms with Gasteiger partial charge in [0.1, 0.15) is 17.4 Å². The summed E-state index contributed by atoms with van der Waals surface area (Å²) in [5.74, 6) is 0.415. The maximum absolute atomic E-state index is 13.2. The molecule has 160 valence electrons. The molecule has 2 aromatic rings. The van der Waals surface area contributed by atoms with Crippen molar-refractivity contribution in [2.24, 2.45) is 0 Å². The van der Waals surface area contributed by atoms with Crippen molar-refractivity contribution in [3.8, 4) is 5.75 Å². The highest BCUT2D eigenvalue weighted by Crippen LogP contribution is 2.34. The van der Waals surface area contributed by atoms with Crippen molar-refractivity contribution in [3.63, 3.8) is 0 Å². The summed E-state index contributed by atoms with van der Waals surface area (Å²) in [6.07, 6.45) is 0.329. The fourth-order valence-corrected chi connectivity index (χ4v) is 3.48. The van der Waals surface area contributed by atoms with E-state index in [2.05, 4.69) is 10.6 Å². The Morgan fingerprint density at radius 1 is 1.20 bits per heavy atom. The molecule has 1 aliphatic rings. The van der Waals surface area contributed by atoms with E-state index in [1.54, 1.807) is 39.0 Å². The van der Waals surface area contributed by atoms with Crippen LogP contribution >= 0.6 is 11.6 Å². The summed E-state index contributed by atoms with van der Waals surface area (Å²) in [6, 6.07) is 13.9. The van der Waals surface area contributed by atoms with E-state index in [9.17, 15) is 9.59 Å². The molecule has 1 aliphatic heterocycles. The Labute approximate surface area is 181 Å². The molecule has 0 spiro atoms. The summed E-state index contributed by atoms with van der Waals surface area (Å²) >= 11 is 6.14.